The van der Waals surface area contributed by atoms with Crippen molar-refractivity contribution in [3.63, 3.8) is 0 Å². The summed E-state index contributed by atoms with van der Waals surface area (Å²) in [4.78, 5) is 1.56. The Labute approximate surface area is 108 Å². The van der Waals surface area contributed by atoms with Gasteiger partial charge in [-0.1, -0.05) is 0 Å². The van der Waals surface area contributed by atoms with Gasteiger partial charge in [-0.2, -0.15) is 4.80 Å². The molecular weight excluding hydrogens is 244 g/mol. The van der Waals surface area contributed by atoms with Crippen LogP contribution in [-0.2, 0) is 0 Å². The number of rotatable bonds is 1. The van der Waals surface area contributed by atoms with Crippen molar-refractivity contribution in [1.82, 2.24) is 15.0 Å². The smallest absolute Gasteiger partial charge is 0.231 e. The van der Waals surface area contributed by atoms with Gasteiger partial charge in [0.2, 0.25) is 6.79 Å². The highest BCUT2D eigenvalue weighted by molar-refractivity contribution is 5.77. The van der Waals surface area contributed by atoms with Gasteiger partial charge in [0.05, 0.1) is 5.69 Å². The number of aromatic nitrogens is 3. The molecule has 0 fully saturated rings. The third-order valence-corrected chi connectivity index (χ3v) is 2.99. The average molecular weight is 254 g/mol. The van der Waals surface area contributed by atoms with Crippen molar-refractivity contribution >= 4 is 16.7 Å². The number of hydrogen-bond donors (Lipinski definition) is 1. The van der Waals surface area contributed by atoms with E-state index in [9.17, 15) is 0 Å². The first-order chi connectivity index (χ1) is 9.29. The second-order valence-corrected chi connectivity index (χ2v) is 4.28. The number of nitrogens with zero attached hydrogens (tertiary/aromatic N) is 3. The van der Waals surface area contributed by atoms with Gasteiger partial charge in [0.15, 0.2) is 11.5 Å². The topological polar surface area (TPSA) is 75.2 Å². The monoisotopic (exact) mass is 254 g/mol. The summed E-state index contributed by atoms with van der Waals surface area (Å²) in [5.74, 6) is 1.45. The standard InChI is InChI=1S/C13H10N4O2/c14-8-1-3-10-11(5-8)16-17(15-10)9-2-4-12-13(6-9)19-7-18-12/h1-6H,7,14H2. The maximum Gasteiger partial charge on any atom is 0.231 e. The van der Waals surface area contributed by atoms with Crippen molar-refractivity contribution in [2.75, 3.05) is 12.5 Å². The van der Waals surface area contributed by atoms with E-state index in [-0.39, 0.29) is 6.79 Å². The second kappa shape index (κ2) is 3.61. The largest absolute Gasteiger partial charge is 0.454 e. The van der Waals surface area contributed by atoms with E-state index in [1.165, 1.54) is 0 Å². The molecule has 1 aliphatic rings. The van der Waals surface area contributed by atoms with E-state index in [2.05, 4.69) is 10.2 Å². The minimum Gasteiger partial charge on any atom is -0.454 e. The third-order valence-electron chi connectivity index (χ3n) is 2.99. The zero-order valence-corrected chi connectivity index (χ0v) is 9.91. The van der Waals surface area contributed by atoms with Crippen molar-refractivity contribution in [1.29, 1.82) is 0 Å². The van der Waals surface area contributed by atoms with Gasteiger partial charge in [-0.3, -0.25) is 0 Å². The highest BCUT2D eigenvalue weighted by atomic mass is 16.7. The average Bonchev–Trinajstić information content (AvgIpc) is 3.02. The summed E-state index contributed by atoms with van der Waals surface area (Å²) in [5, 5.41) is 8.80. The van der Waals surface area contributed by atoms with Crippen LogP contribution in [0.25, 0.3) is 16.7 Å². The number of nitrogen functional groups attached to an aromatic ring is 1. The Balaban J connectivity index is 1.85. The molecule has 2 N–H and O–H groups in total. The molecule has 6 nitrogen and oxygen atoms in total. The van der Waals surface area contributed by atoms with Crippen LogP contribution in [0, 0.1) is 0 Å². The Morgan fingerprint density at radius 1 is 0.947 bits per heavy atom. The van der Waals surface area contributed by atoms with Crippen molar-refractivity contribution in [2.24, 2.45) is 0 Å². The molecule has 6 heteroatoms. The van der Waals surface area contributed by atoms with Gasteiger partial charge in [0.25, 0.3) is 0 Å². The van der Waals surface area contributed by atoms with Crippen molar-refractivity contribution in [3.05, 3.63) is 36.4 Å². The van der Waals surface area contributed by atoms with E-state index >= 15 is 0 Å². The molecule has 0 bridgehead atoms. The first-order valence-electron chi connectivity index (χ1n) is 5.82. The third kappa shape index (κ3) is 1.57. The van der Waals surface area contributed by atoms with Crippen LogP contribution in [0.3, 0.4) is 0 Å². The first-order valence-corrected chi connectivity index (χ1v) is 5.82. The lowest BCUT2D eigenvalue weighted by atomic mass is 10.3. The fourth-order valence-corrected chi connectivity index (χ4v) is 2.06. The zero-order valence-electron chi connectivity index (χ0n) is 9.91. The summed E-state index contributed by atoms with van der Waals surface area (Å²) >= 11 is 0. The van der Waals surface area contributed by atoms with Gasteiger partial charge in [-0.05, 0) is 30.3 Å². The van der Waals surface area contributed by atoms with Crippen LogP contribution in [0.5, 0.6) is 11.5 Å². The highest BCUT2D eigenvalue weighted by Crippen LogP contribution is 2.33. The first kappa shape index (κ1) is 10.2. The predicted octanol–water partition coefficient (Wildman–Crippen LogP) is 1.73. The van der Waals surface area contributed by atoms with Crippen molar-refractivity contribution < 1.29 is 9.47 Å². The lowest BCUT2D eigenvalue weighted by Crippen LogP contribution is -1.98. The van der Waals surface area contributed by atoms with Crippen LogP contribution in [-0.4, -0.2) is 21.8 Å². The minimum absolute atomic E-state index is 0.254. The molecule has 0 saturated heterocycles. The van der Waals surface area contributed by atoms with Crippen LogP contribution < -0.4 is 15.2 Å². The van der Waals surface area contributed by atoms with Crippen LogP contribution in [0.15, 0.2) is 36.4 Å². The van der Waals surface area contributed by atoms with E-state index in [1.807, 2.05) is 24.3 Å². The maximum atomic E-state index is 5.73. The van der Waals surface area contributed by atoms with Crippen LogP contribution in [0.4, 0.5) is 5.69 Å². The zero-order chi connectivity index (χ0) is 12.8. The Morgan fingerprint density at radius 2 is 1.79 bits per heavy atom. The summed E-state index contributed by atoms with van der Waals surface area (Å²) in [6, 6.07) is 11.0. The lowest BCUT2D eigenvalue weighted by molar-refractivity contribution is 0.174. The molecule has 2 aromatic carbocycles. The molecule has 0 unspecified atom stereocenters. The summed E-state index contributed by atoms with van der Waals surface area (Å²) in [6.45, 7) is 0.254. The van der Waals surface area contributed by atoms with Crippen LogP contribution >= 0.6 is 0 Å². The van der Waals surface area contributed by atoms with Crippen LogP contribution in [0.1, 0.15) is 0 Å². The number of fused-ring (bicyclic) bond motifs is 2. The Morgan fingerprint density at radius 3 is 2.74 bits per heavy atom. The molecule has 1 aromatic heterocycles. The molecular formula is C13H10N4O2. The molecule has 2 heterocycles. The minimum atomic E-state index is 0.254. The Hall–Kier alpha value is -2.76. The molecule has 4 rings (SSSR count). The molecule has 1 aliphatic heterocycles. The number of anilines is 1. The van der Waals surface area contributed by atoms with Gasteiger partial charge < -0.3 is 15.2 Å². The summed E-state index contributed by atoms with van der Waals surface area (Å²) in [6.07, 6.45) is 0. The fourth-order valence-electron chi connectivity index (χ4n) is 2.06. The Kier molecular flexibility index (Phi) is 1.94. The van der Waals surface area contributed by atoms with Gasteiger partial charge in [0, 0.05) is 11.8 Å². The maximum absolute atomic E-state index is 5.73. The number of benzene rings is 2. The van der Waals surface area contributed by atoms with E-state index in [1.54, 1.807) is 16.9 Å². The predicted molar refractivity (Wildman–Crippen MR) is 69.4 cm³/mol. The highest BCUT2D eigenvalue weighted by Gasteiger charge is 2.15. The second-order valence-electron chi connectivity index (χ2n) is 4.28. The lowest BCUT2D eigenvalue weighted by Gasteiger charge is -2.00. The molecule has 19 heavy (non-hydrogen) atoms. The van der Waals surface area contributed by atoms with E-state index in [0.717, 1.165) is 22.5 Å². The van der Waals surface area contributed by atoms with Gasteiger partial charge >= 0.3 is 0 Å². The number of nitrogens with two attached hydrogens (primary N) is 1. The number of hydrogen-bond acceptors (Lipinski definition) is 5. The molecule has 0 amide bonds. The van der Waals surface area contributed by atoms with Crippen molar-refractivity contribution in [3.8, 4) is 17.2 Å². The SMILES string of the molecule is Nc1ccc2nn(-c3ccc4c(c3)OCO4)nc2c1. The quantitative estimate of drug-likeness (QED) is 0.669. The van der Waals surface area contributed by atoms with Crippen LogP contribution in [0.2, 0.25) is 0 Å². The van der Waals surface area contributed by atoms with E-state index in [0.29, 0.717) is 11.4 Å². The number of ether oxygens (including phenoxy) is 2. The van der Waals surface area contributed by atoms with Gasteiger partial charge in [-0.15, -0.1) is 10.2 Å². The molecule has 0 saturated carbocycles. The van der Waals surface area contributed by atoms with Gasteiger partial charge in [0.1, 0.15) is 11.0 Å². The van der Waals surface area contributed by atoms with Crippen molar-refractivity contribution in [2.45, 2.75) is 0 Å². The molecule has 0 atom stereocenters. The molecule has 94 valence electrons. The normalized spacial score (nSPS) is 13.1. The van der Waals surface area contributed by atoms with E-state index in [4.69, 9.17) is 15.2 Å². The molecule has 3 aromatic rings. The summed E-state index contributed by atoms with van der Waals surface area (Å²) < 4.78 is 10.6. The summed E-state index contributed by atoms with van der Waals surface area (Å²) in [7, 11) is 0. The van der Waals surface area contributed by atoms with E-state index < -0.39 is 0 Å². The summed E-state index contributed by atoms with van der Waals surface area (Å²) in [5.41, 5.74) is 8.78. The fraction of sp³-hybridized carbons (Fsp3) is 0.0769. The van der Waals surface area contributed by atoms with Gasteiger partial charge in [-0.25, -0.2) is 0 Å². The molecule has 0 radical (unpaired) electrons. The Bertz CT molecular complexity index is 781. The molecule has 0 spiro atoms. The molecule has 0 aliphatic carbocycles.